The number of aliphatic imine (C=N–C) groups is 1. The minimum Gasteiger partial charge on any atom is -0.450 e. The molecule has 0 bridgehead atoms. The Morgan fingerprint density at radius 3 is 2.94 bits per heavy atom. The van der Waals surface area contributed by atoms with Crippen LogP contribution in [0.25, 0.3) is 0 Å². The molecule has 6 heteroatoms. The normalized spacial score (nSPS) is 18.8. The maximum atomic E-state index is 11.5. The predicted octanol–water partition coefficient (Wildman–Crippen LogP) is 0.732. The molecule has 1 atom stereocenters. The predicted molar refractivity (Wildman–Crippen MR) is 63.9 cm³/mol. The number of furan rings is 1. The third-order valence-corrected chi connectivity index (χ3v) is 2.46. The molecule has 1 saturated heterocycles. The SMILES string of the molecule is C#Cc1oc(C2NC(=O)NC2=O)cc1CN=CC. The fourth-order valence-electron chi connectivity index (χ4n) is 1.64. The standard InChI is InChI=1S/C12H11N3O3/c1-3-8-7(6-13-4-2)5-9(18-8)10-11(16)15-12(17)14-10/h1,4-5,10H,6H2,2H3,(H2,14,15,16,17). The van der Waals surface area contributed by atoms with Gasteiger partial charge in [-0.15, -0.1) is 6.42 Å². The van der Waals surface area contributed by atoms with E-state index < -0.39 is 18.0 Å². The summed E-state index contributed by atoms with van der Waals surface area (Å²) < 4.78 is 5.38. The molecule has 1 fully saturated rings. The molecule has 2 heterocycles. The number of imide groups is 1. The number of urea groups is 1. The van der Waals surface area contributed by atoms with Gasteiger partial charge >= 0.3 is 6.03 Å². The summed E-state index contributed by atoms with van der Waals surface area (Å²) in [6.07, 6.45) is 6.96. The van der Waals surface area contributed by atoms with Crippen molar-refractivity contribution in [1.29, 1.82) is 0 Å². The average Bonchev–Trinajstić information content (AvgIpc) is 2.89. The van der Waals surface area contributed by atoms with Gasteiger partial charge in [-0.05, 0) is 25.1 Å². The molecule has 6 nitrogen and oxygen atoms in total. The molecule has 1 aliphatic heterocycles. The molecule has 2 rings (SSSR count). The molecule has 0 saturated carbocycles. The monoisotopic (exact) mass is 245 g/mol. The van der Waals surface area contributed by atoms with Crippen molar-refractivity contribution < 1.29 is 14.0 Å². The number of hydrogen-bond acceptors (Lipinski definition) is 4. The van der Waals surface area contributed by atoms with E-state index >= 15 is 0 Å². The number of nitrogens with one attached hydrogen (secondary N) is 2. The topological polar surface area (TPSA) is 83.7 Å². The van der Waals surface area contributed by atoms with Crippen molar-refractivity contribution in [2.75, 3.05) is 0 Å². The van der Waals surface area contributed by atoms with Gasteiger partial charge in [0, 0.05) is 5.56 Å². The first-order chi connectivity index (χ1) is 8.65. The third kappa shape index (κ3) is 2.11. The first kappa shape index (κ1) is 11.9. The Balaban J connectivity index is 2.30. The van der Waals surface area contributed by atoms with Crippen LogP contribution in [0.1, 0.15) is 30.0 Å². The summed E-state index contributed by atoms with van der Waals surface area (Å²) in [6.45, 7) is 2.17. The Morgan fingerprint density at radius 1 is 1.61 bits per heavy atom. The lowest BCUT2D eigenvalue weighted by Gasteiger charge is -2.01. The molecule has 1 aliphatic rings. The van der Waals surface area contributed by atoms with Crippen LogP contribution < -0.4 is 10.6 Å². The van der Waals surface area contributed by atoms with Crippen LogP contribution in [-0.4, -0.2) is 18.2 Å². The second-order valence-electron chi connectivity index (χ2n) is 3.64. The zero-order valence-electron chi connectivity index (χ0n) is 9.69. The molecule has 3 amide bonds. The lowest BCUT2D eigenvalue weighted by atomic mass is 10.2. The van der Waals surface area contributed by atoms with E-state index in [1.54, 1.807) is 19.2 Å². The molecule has 18 heavy (non-hydrogen) atoms. The zero-order chi connectivity index (χ0) is 13.1. The molecule has 0 spiro atoms. The second kappa shape index (κ2) is 4.75. The lowest BCUT2D eigenvalue weighted by molar-refractivity contribution is -0.120. The minimum absolute atomic E-state index is 0.313. The van der Waals surface area contributed by atoms with Crippen molar-refractivity contribution in [2.45, 2.75) is 19.5 Å². The Morgan fingerprint density at radius 2 is 2.39 bits per heavy atom. The molecule has 0 aliphatic carbocycles. The van der Waals surface area contributed by atoms with Gasteiger partial charge in [0.2, 0.25) is 0 Å². The number of rotatable bonds is 3. The molecule has 1 aromatic rings. The highest BCUT2D eigenvalue weighted by Gasteiger charge is 2.34. The van der Waals surface area contributed by atoms with Crippen molar-refractivity contribution in [3.63, 3.8) is 0 Å². The van der Waals surface area contributed by atoms with E-state index in [1.807, 2.05) is 0 Å². The summed E-state index contributed by atoms with van der Waals surface area (Å²) in [5.41, 5.74) is 0.708. The van der Waals surface area contributed by atoms with Crippen LogP contribution in [0.5, 0.6) is 0 Å². The summed E-state index contributed by atoms with van der Waals surface area (Å²) in [4.78, 5) is 26.6. The summed E-state index contributed by atoms with van der Waals surface area (Å²) in [5.74, 6) is 2.57. The van der Waals surface area contributed by atoms with Crippen molar-refractivity contribution in [3.05, 3.63) is 23.2 Å². The van der Waals surface area contributed by atoms with E-state index in [4.69, 9.17) is 10.8 Å². The number of terminal acetylenes is 1. The van der Waals surface area contributed by atoms with Gasteiger partial charge in [0.05, 0.1) is 6.54 Å². The molecule has 1 aromatic heterocycles. The quantitative estimate of drug-likeness (QED) is 0.468. The van der Waals surface area contributed by atoms with Gasteiger partial charge in [-0.3, -0.25) is 15.1 Å². The van der Waals surface area contributed by atoms with E-state index in [0.717, 1.165) is 0 Å². The van der Waals surface area contributed by atoms with Gasteiger partial charge in [0.25, 0.3) is 5.91 Å². The van der Waals surface area contributed by atoms with E-state index in [9.17, 15) is 9.59 Å². The number of hydrogen-bond donors (Lipinski definition) is 2. The van der Waals surface area contributed by atoms with E-state index in [2.05, 4.69) is 21.5 Å². The summed E-state index contributed by atoms with van der Waals surface area (Å²) in [5, 5.41) is 4.57. The van der Waals surface area contributed by atoms with Gasteiger partial charge < -0.3 is 9.73 Å². The van der Waals surface area contributed by atoms with Crippen LogP contribution in [0.4, 0.5) is 4.79 Å². The Kier molecular flexibility index (Phi) is 3.15. The van der Waals surface area contributed by atoms with Gasteiger partial charge in [-0.1, -0.05) is 0 Å². The molecule has 92 valence electrons. The average molecular weight is 245 g/mol. The summed E-state index contributed by atoms with van der Waals surface area (Å²) in [7, 11) is 0. The van der Waals surface area contributed by atoms with Crippen LogP contribution in [0.3, 0.4) is 0 Å². The molecule has 0 radical (unpaired) electrons. The smallest absolute Gasteiger partial charge is 0.322 e. The fourth-order valence-corrected chi connectivity index (χ4v) is 1.64. The highest BCUT2D eigenvalue weighted by molar-refractivity contribution is 6.04. The highest BCUT2D eigenvalue weighted by atomic mass is 16.3. The number of carbonyl (C=O) groups excluding carboxylic acids is 2. The largest absolute Gasteiger partial charge is 0.450 e. The van der Waals surface area contributed by atoms with Crippen LogP contribution in [0, 0.1) is 12.3 Å². The van der Waals surface area contributed by atoms with Crippen LogP contribution in [0.2, 0.25) is 0 Å². The summed E-state index contributed by atoms with van der Waals surface area (Å²) in [6, 6.07) is 0.263. The van der Waals surface area contributed by atoms with Crippen molar-refractivity contribution >= 4 is 18.2 Å². The van der Waals surface area contributed by atoms with Crippen molar-refractivity contribution in [3.8, 4) is 12.3 Å². The minimum atomic E-state index is -0.830. The van der Waals surface area contributed by atoms with Gasteiger partial charge in [-0.25, -0.2) is 4.79 Å². The van der Waals surface area contributed by atoms with Gasteiger partial charge in [0.15, 0.2) is 11.8 Å². The Hall–Kier alpha value is -2.55. The maximum absolute atomic E-state index is 11.5. The Bertz CT molecular complexity index is 566. The molecule has 2 N–H and O–H groups in total. The lowest BCUT2D eigenvalue weighted by Crippen LogP contribution is -2.22. The Labute approximate surface area is 103 Å². The number of nitrogens with zero attached hydrogens (tertiary/aromatic N) is 1. The first-order valence-electron chi connectivity index (χ1n) is 5.30. The van der Waals surface area contributed by atoms with Crippen molar-refractivity contribution in [1.82, 2.24) is 10.6 Å². The van der Waals surface area contributed by atoms with Crippen LogP contribution >= 0.6 is 0 Å². The van der Waals surface area contributed by atoms with Crippen LogP contribution in [-0.2, 0) is 11.3 Å². The molecule has 0 aromatic carbocycles. The summed E-state index contributed by atoms with van der Waals surface area (Å²) >= 11 is 0. The third-order valence-electron chi connectivity index (χ3n) is 2.46. The van der Waals surface area contributed by atoms with E-state index in [0.29, 0.717) is 23.6 Å². The van der Waals surface area contributed by atoms with E-state index in [-0.39, 0.29) is 0 Å². The van der Waals surface area contributed by atoms with Gasteiger partial charge in [0.1, 0.15) is 5.76 Å². The number of amides is 3. The molecular formula is C12H11N3O3. The fraction of sp³-hybridized carbons (Fsp3) is 0.250. The zero-order valence-corrected chi connectivity index (χ0v) is 9.69. The van der Waals surface area contributed by atoms with Crippen molar-refractivity contribution in [2.24, 2.45) is 4.99 Å². The molecular weight excluding hydrogens is 234 g/mol. The number of carbonyl (C=O) groups is 2. The maximum Gasteiger partial charge on any atom is 0.322 e. The second-order valence-corrected chi connectivity index (χ2v) is 3.64. The van der Waals surface area contributed by atoms with Crippen LogP contribution in [0.15, 0.2) is 15.5 Å². The van der Waals surface area contributed by atoms with Gasteiger partial charge in [-0.2, -0.15) is 0 Å². The van der Waals surface area contributed by atoms with E-state index in [1.165, 1.54) is 0 Å². The highest BCUT2D eigenvalue weighted by Crippen LogP contribution is 2.23. The first-order valence-corrected chi connectivity index (χ1v) is 5.30. The molecule has 1 unspecified atom stereocenters.